The van der Waals surface area contributed by atoms with Crippen LogP contribution in [0.1, 0.15) is 11.1 Å². The summed E-state index contributed by atoms with van der Waals surface area (Å²) in [6.07, 6.45) is 1.69. The Morgan fingerprint density at radius 3 is 2.59 bits per heavy atom. The van der Waals surface area contributed by atoms with Crippen molar-refractivity contribution in [3.05, 3.63) is 69.8 Å². The molecule has 0 N–H and O–H groups in total. The molecule has 0 saturated carbocycles. The number of halogens is 1. The van der Waals surface area contributed by atoms with E-state index in [4.69, 9.17) is 9.47 Å². The number of methoxy groups -OCH3 is 1. The summed E-state index contributed by atoms with van der Waals surface area (Å²) < 4.78 is 11.5. The van der Waals surface area contributed by atoms with E-state index in [-0.39, 0.29) is 11.6 Å². The number of hydrogen-bond donors (Lipinski definition) is 0. The molecule has 5 heteroatoms. The number of cyclic esters (lactones) is 1. The lowest BCUT2D eigenvalue weighted by Gasteiger charge is -2.05. The number of aliphatic imine (C=N–C) groups is 1. The van der Waals surface area contributed by atoms with E-state index in [0.717, 1.165) is 10.0 Å². The number of para-hydroxylation sites is 1. The predicted octanol–water partition coefficient (Wildman–Crippen LogP) is 3.80. The van der Waals surface area contributed by atoms with Gasteiger partial charge in [-0.2, -0.15) is 0 Å². The van der Waals surface area contributed by atoms with Crippen molar-refractivity contribution in [2.24, 2.45) is 4.99 Å². The molecule has 0 spiro atoms. The lowest BCUT2D eigenvalue weighted by molar-refractivity contribution is -0.129. The molecule has 0 saturated heterocycles. The zero-order valence-electron chi connectivity index (χ0n) is 11.7. The molecule has 0 fully saturated rings. The van der Waals surface area contributed by atoms with Gasteiger partial charge in [-0.15, -0.1) is 0 Å². The lowest BCUT2D eigenvalue weighted by atomic mass is 10.2. The van der Waals surface area contributed by atoms with Gasteiger partial charge in [-0.1, -0.05) is 40.2 Å². The third-order valence-corrected chi connectivity index (χ3v) is 3.66. The first-order valence-electron chi connectivity index (χ1n) is 6.59. The van der Waals surface area contributed by atoms with Gasteiger partial charge < -0.3 is 9.47 Å². The number of esters is 1. The average molecular weight is 358 g/mol. The van der Waals surface area contributed by atoms with Crippen LogP contribution in [0.5, 0.6) is 5.75 Å². The van der Waals surface area contributed by atoms with Crippen molar-refractivity contribution < 1.29 is 14.3 Å². The van der Waals surface area contributed by atoms with E-state index in [1.165, 1.54) is 0 Å². The minimum atomic E-state index is -0.469. The van der Waals surface area contributed by atoms with Gasteiger partial charge in [0.1, 0.15) is 5.75 Å². The number of carbonyl (C=O) groups is 1. The largest absolute Gasteiger partial charge is 0.496 e. The van der Waals surface area contributed by atoms with Crippen molar-refractivity contribution in [3.63, 3.8) is 0 Å². The van der Waals surface area contributed by atoms with E-state index in [9.17, 15) is 4.79 Å². The highest BCUT2D eigenvalue weighted by Gasteiger charge is 2.25. The molecule has 0 bridgehead atoms. The third kappa shape index (κ3) is 2.94. The first-order valence-corrected chi connectivity index (χ1v) is 7.38. The van der Waals surface area contributed by atoms with E-state index < -0.39 is 5.97 Å². The number of carbonyl (C=O) groups excluding carboxylic acids is 1. The molecule has 4 nitrogen and oxygen atoms in total. The fourth-order valence-electron chi connectivity index (χ4n) is 2.06. The molecule has 1 aliphatic rings. The van der Waals surface area contributed by atoms with Crippen molar-refractivity contribution in [3.8, 4) is 5.75 Å². The van der Waals surface area contributed by atoms with E-state index >= 15 is 0 Å². The smallest absolute Gasteiger partial charge is 0.363 e. The monoisotopic (exact) mass is 357 g/mol. The van der Waals surface area contributed by atoms with E-state index in [0.29, 0.717) is 11.3 Å². The van der Waals surface area contributed by atoms with Crippen molar-refractivity contribution in [1.29, 1.82) is 0 Å². The summed E-state index contributed by atoms with van der Waals surface area (Å²) in [5, 5.41) is 0. The Morgan fingerprint density at radius 2 is 1.86 bits per heavy atom. The molecular formula is C17H12BrNO3. The first kappa shape index (κ1) is 14.5. The van der Waals surface area contributed by atoms with E-state index in [1.54, 1.807) is 25.3 Å². The number of nitrogens with zero attached hydrogens (tertiary/aromatic N) is 1. The topological polar surface area (TPSA) is 47.9 Å². The zero-order valence-corrected chi connectivity index (χ0v) is 13.3. The fourth-order valence-corrected chi connectivity index (χ4v) is 2.33. The minimum Gasteiger partial charge on any atom is -0.496 e. The summed E-state index contributed by atoms with van der Waals surface area (Å²) in [4.78, 5) is 16.3. The van der Waals surface area contributed by atoms with Gasteiger partial charge in [0, 0.05) is 4.47 Å². The van der Waals surface area contributed by atoms with Crippen LogP contribution in [0, 0.1) is 0 Å². The Kier molecular flexibility index (Phi) is 4.06. The molecule has 110 valence electrons. The second-order valence-electron chi connectivity index (χ2n) is 4.59. The summed E-state index contributed by atoms with van der Waals surface area (Å²) in [5.41, 5.74) is 1.79. The fraction of sp³-hybridized carbons (Fsp3) is 0.0588. The van der Waals surface area contributed by atoms with Crippen LogP contribution in [0.4, 0.5) is 0 Å². The second kappa shape index (κ2) is 6.15. The van der Waals surface area contributed by atoms with Crippen molar-refractivity contribution in [2.45, 2.75) is 0 Å². The quantitative estimate of drug-likeness (QED) is 0.619. The second-order valence-corrected chi connectivity index (χ2v) is 5.50. The highest BCUT2D eigenvalue weighted by Crippen LogP contribution is 2.25. The van der Waals surface area contributed by atoms with Gasteiger partial charge in [-0.05, 0) is 35.9 Å². The number of ether oxygens (including phenoxy) is 2. The third-order valence-electron chi connectivity index (χ3n) is 3.13. The molecule has 3 rings (SSSR count). The molecule has 1 heterocycles. The summed E-state index contributed by atoms with van der Waals surface area (Å²) in [6, 6.07) is 14.9. The molecule has 0 atom stereocenters. The first-order chi connectivity index (χ1) is 10.7. The standard InChI is InChI=1S/C17H12BrNO3/c1-21-15-5-3-2-4-13(15)16-19-14(17(20)22-16)10-11-6-8-12(18)9-7-11/h2-10H,1H3/b14-10+. The maximum Gasteiger partial charge on any atom is 0.363 e. The van der Waals surface area contributed by atoms with Crippen LogP contribution in [0.25, 0.3) is 6.08 Å². The van der Waals surface area contributed by atoms with Crippen molar-refractivity contribution in [2.75, 3.05) is 7.11 Å². The van der Waals surface area contributed by atoms with Gasteiger partial charge in [-0.3, -0.25) is 0 Å². The van der Waals surface area contributed by atoms with Crippen LogP contribution in [-0.2, 0) is 9.53 Å². The van der Waals surface area contributed by atoms with Gasteiger partial charge in [0.15, 0.2) is 5.70 Å². The zero-order chi connectivity index (χ0) is 15.5. The summed E-state index contributed by atoms with van der Waals surface area (Å²) in [5.74, 6) is 0.397. The van der Waals surface area contributed by atoms with Crippen molar-refractivity contribution in [1.82, 2.24) is 0 Å². The molecule has 22 heavy (non-hydrogen) atoms. The molecule has 0 unspecified atom stereocenters. The molecule has 2 aromatic carbocycles. The van der Waals surface area contributed by atoms with Crippen LogP contribution in [-0.4, -0.2) is 19.0 Å². The van der Waals surface area contributed by atoms with Gasteiger partial charge >= 0.3 is 5.97 Å². The minimum absolute atomic E-state index is 0.255. The number of hydrogen-bond acceptors (Lipinski definition) is 4. The van der Waals surface area contributed by atoms with E-state index in [2.05, 4.69) is 20.9 Å². The Morgan fingerprint density at radius 1 is 1.14 bits per heavy atom. The molecule has 1 aliphatic heterocycles. The van der Waals surface area contributed by atoms with Crippen LogP contribution in [0.2, 0.25) is 0 Å². The molecule has 0 aliphatic carbocycles. The Balaban J connectivity index is 1.96. The Labute approximate surface area is 136 Å². The highest BCUT2D eigenvalue weighted by molar-refractivity contribution is 9.10. The normalized spacial score (nSPS) is 15.6. The molecule has 2 aromatic rings. The Bertz CT molecular complexity index is 779. The van der Waals surface area contributed by atoms with Crippen LogP contribution in [0.15, 0.2) is 63.7 Å². The number of benzene rings is 2. The Hall–Kier alpha value is -2.40. The van der Waals surface area contributed by atoms with Gasteiger partial charge in [0.25, 0.3) is 0 Å². The summed E-state index contributed by atoms with van der Waals surface area (Å²) in [7, 11) is 1.56. The van der Waals surface area contributed by atoms with Crippen LogP contribution in [0.3, 0.4) is 0 Å². The molecular weight excluding hydrogens is 346 g/mol. The van der Waals surface area contributed by atoms with Gasteiger partial charge in [0.05, 0.1) is 12.7 Å². The molecule has 0 amide bonds. The van der Waals surface area contributed by atoms with E-state index in [1.807, 2.05) is 36.4 Å². The van der Waals surface area contributed by atoms with Gasteiger partial charge in [0.2, 0.25) is 5.90 Å². The van der Waals surface area contributed by atoms with Crippen LogP contribution >= 0.6 is 15.9 Å². The summed E-state index contributed by atoms with van der Waals surface area (Å²) in [6.45, 7) is 0. The average Bonchev–Trinajstić information content (AvgIpc) is 2.90. The molecule has 0 radical (unpaired) electrons. The number of rotatable bonds is 3. The van der Waals surface area contributed by atoms with Gasteiger partial charge in [-0.25, -0.2) is 9.79 Å². The lowest BCUT2D eigenvalue weighted by Crippen LogP contribution is -2.06. The molecule has 0 aromatic heterocycles. The maximum absolute atomic E-state index is 12.0. The van der Waals surface area contributed by atoms with Crippen molar-refractivity contribution >= 4 is 33.9 Å². The summed E-state index contributed by atoms with van der Waals surface area (Å²) >= 11 is 3.37. The maximum atomic E-state index is 12.0. The predicted molar refractivity (Wildman–Crippen MR) is 87.7 cm³/mol. The van der Waals surface area contributed by atoms with Crippen LogP contribution < -0.4 is 4.74 Å². The SMILES string of the molecule is COc1ccccc1C1=N/C(=C/c2ccc(Br)cc2)C(=O)O1. The highest BCUT2D eigenvalue weighted by atomic mass is 79.9.